The van der Waals surface area contributed by atoms with Crippen LogP contribution >= 0.6 is 0 Å². The minimum absolute atomic E-state index is 0.0396. The number of aliphatic hydroxyl groups excluding tert-OH is 4. The van der Waals surface area contributed by atoms with E-state index >= 15 is 4.39 Å². The van der Waals surface area contributed by atoms with Gasteiger partial charge < -0.3 is 72.1 Å². The normalized spacial score (nSPS) is 22.7. The minimum Gasteiger partial charge on any atom is -0.465 e. The summed E-state index contributed by atoms with van der Waals surface area (Å²) >= 11 is 0. The molecule has 3 unspecified atom stereocenters. The maximum Gasteiger partial charge on any atom is 0.407 e. The number of methoxy groups -OCH3 is 1. The van der Waals surface area contributed by atoms with Gasteiger partial charge in [-0.25, -0.2) is 18.8 Å². The van der Waals surface area contributed by atoms with Crippen LogP contribution in [-0.2, 0) is 49.6 Å². The lowest BCUT2D eigenvalue weighted by Gasteiger charge is -2.46. The van der Waals surface area contributed by atoms with Crippen molar-refractivity contribution in [3.05, 3.63) is 42.0 Å². The highest BCUT2D eigenvalue weighted by Gasteiger charge is 2.62. The van der Waals surface area contributed by atoms with Crippen molar-refractivity contribution in [2.75, 3.05) is 32.1 Å². The van der Waals surface area contributed by atoms with Gasteiger partial charge in [-0.2, -0.15) is 0 Å². The number of unbranched alkanes of at least 4 members (excludes halogenated alkanes) is 2. The number of alkyl halides is 1. The predicted molar refractivity (Wildman–Crippen MR) is 214 cm³/mol. The van der Waals surface area contributed by atoms with Crippen LogP contribution in [0.25, 0.3) is 0 Å². The Hall–Kier alpha value is -5.79. The summed E-state index contributed by atoms with van der Waals surface area (Å²) in [5, 5.41) is 63.3. The second-order valence-corrected chi connectivity index (χ2v) is 15.1. The van der Waals surface area contributed by atoms with Crippen LogP contribution in [0.4, 0.5) is 19.7 Å². The van der Waals surface area contributed by atoms with E-state index in [2.05, 4.69) is 31.3 Å². The Morgan fingerprint density at radius 2 is 1.62 bits per heavy atom. The lowest BCUT2D eigenvalue weighted by Crippen LogP contribution is -2.72. The Kier molecular flexibility index (Phi) is 19.8. The highest BCUT2D eigenvalue weighted by atomic mass is 19.1. The standard InChI is InChI=1S/C39H56FN7O16/c1-20(2)28(45-25(50)9-5-4-6-17-47-26(51)14-15-27(47)52)35(56)44-23(8-7-16-42-37(41)58)34(55)43-22-12-10-21(11-13-22)19-62-38(59)46-29-31(54)33(40)39(60,36(57)61-3)63-32(29)30(53)24(49)18-48/h10-15,20,23-24,28-33,48-49,53-54,60H,4-9,16-19H2,1-3H3,(H,43,55)(H,44,56)(H,45,50)(H,46,59)(H3,41,42,58)/t23?,24-,28?,29-,30-,31-,32-,33-,39?/m1/s1. The average Bonchev–Trinajstić information content (AvgIpc) is 3.57. The molecule has 0 bridgehead atoms. The van der Waals surface area contributed by atoms with E-state index in [1.165, 1.54) is 36.4 Å². The van der Waals surface area contributed by atoms with E-state index in [9.17, 15) is 63.9 Å². The number of halogens is 1. The van der Waals surface area contributed by atoms with E-state index in [0.717, 1.165) is 12.0 Å². The molecule has 0 aliphatic carbocycles. The molecule has 8 amide bonds. The Labute approximate surface area is 360 Å². The smallest absolute Gasteiger partial charge is 0.407 e. The number of nitrogens with two attached hydrogens (primary N) is 1. The molecule has 1 aromatic carbocycles. The Morgan fingerprint density at radius 3 is 2.21 bits per heavy atom. The third-order valence-electron chi connectivity index (χ3n) is 10.0. The number of amides is 8. The zero-order chi connectivity index (χ0) is 47.0. The summed E-state index contributed by atoms with van der Waals surface area (Å²) < 4.78 is 29.5. The van der Waals surface area contributed by atoms with Gasteiger partial charge >= 0.3 is 23.9 Å². The van der Waals surface area contributed by atoms with Gasteiger partial charge in [0, 0.05) is 37.3 Å². The molecule has 24 heteroatoms. The number of carbonyl (C=O) groups is 8. The number of esters is 1. The van der Waals surface area contributed by atoms with Crippen molar-refractivity contribution in [1.82, 2.24) is 26.2 Å². The maximum atomic E-state index is 15.1. The summed E-state index contributed by atoms with van der Waals surface area (Å²) in [5.41, 5.74) is 5.72. The topological polar surface area (TPSA) is 355 Å². The summed E-state index contributed by atoms with van der Waals surface area (Å²) in [6, 6.07) is 0.823. The molecule has 23 nitrogen and oxygen atoms in total. The van der Waals surface area contributed by atoms with Gasteiger partial charge in [-0.3, -0.25) is 28.9 Å². The number of carbonyl (C=O) groups excluding carboxylic acids is 8. The zero-order valence-corrected chi connectivity index (χ0v) is 34.9. The van der Waals surface area contributed by atoms with Crippen LogP contribution in [0.2, 0.25) is 0 Å². The number of ether oxygens (including phenoxy) is 3. The van der Waals surface area contributed by atoms with Gasteiger partial charge in [0.05, 0.1) is 19.8 Å². The molecule has 0 spiro atoms. The molecule has 2 aliphatic rings. The van der Waals surface area contributed by atoms with Gasteiger partial charge in [0.15, 0.2) is 6.17 Å². The van der Waals surface area contributed by atoms with E-state index in [1.54, 1.807) is 13.8 Å². The fraction of sp³-hybridized carbons (Fsp3) is 0.590. The lowest BCUT2D eigenvalue weighted by atomic mass is 9.87. The third-order valence-corrected chi connectivity index (χ3v) is 10.0. The molecular formula is C39H56FN7O16. The average molecular weight is 898 g/mol. The number of nitrogens with zero attached hydrogens (tertiary/aromatic N) is 1. The number of hydrogen-bond donors (Lipinski definition) is 11. The molecule has 2 heterocycles. The van der Waals surface area contributed by atoms with Gasteiger partial charge in [0.25, 0.3) is 11.8 Å². The number of nitrogens with one attached hydrogen (secondary N) is 5. The number of hydrogen-bond acceptors (Lipinski definition) is 16. The molecule has 0 saturated carbocycles. The summed E-state index contributed by atoms with van der Waals surface area (Å²) in [4.78, 5) is 100. The quantitative estimate of drug-likeness (QED) is 0.0306. The molecular weight excluding hydrogens is 841 g/mol. The first kappa shape index (κ1) is 51.6. The molecule has 12 N–H and O–H groups in total. The van der Waals surface area contributed by atoms with Crippen molar-refractivity contribution in [1.29, 1.82) is 0 Å². The van der Waals surface area contributed by atoms with Crippen molar-refractivity contribution in [3.63, 3.8) is 0 Å². The van der Waals surface area contributed by atoms with E-state index in [-0.39, 0.29) is 49.9 Å². The number of aliphatic hydroxyl groups is 5. The third kappa shape index (κ3) is 14.6. The van der Waals surface area contributed by atoms with Gasteiger partial charge in [0.2, 0.25) is 17.7 Å². The number of anilines is 1. The van der Waals surface area contributed by atoms with Crippen LogP contribution in [0.5, 0.6) is 0 Å². The number of urea groups is 1. The van der Waals surface area contributed by atoms with Gasteiger partial charge in [0.1, 0.15) is 43.1 Å². The SMILES string of the molecule is COC(=O)C1(O)O[C@@H]([C@H](O)[C@H](O)CO)[C@H](NC(=O)OCc2ccc(NC(=O)C(CCCNC(N)=O)NC(=O)C(NC(=O)CCCCCN3C(=O)C=CC3=O)C(C)C)cc2)[C@@H](O)[C@H]1F. The van der Waals surface area contributed by atoms with Crippen LogP contribution in [0.15, 0.2) is 36.4 Å². The number of benzene rings is 1. The van der Waals surface area contributed by atoms with Crippen molar-refractivity contribution >= 4 is 53.3 Å². The molecule has 350 valence electrons. The van der Waals surface area contributed by atoms with Crippen molar-refractivity contribution in [3.8, 4) is 0 Å². The van der Waals surface area contributed by atoms with Crippen LogP contribution in [-0.4, -0.2) is 159 Å². The second kappa shape index (κ2) is 24.2. The predicted octanol–water partition coefficient (Wildman–Crippen LogP) is -2.55. The highest BCUT2D eigenvalue weighted by Crippen LogP contribution is 2.34. The minimum atomic E-state index is -3.46. The number of imide groups is 1. The number of alkyl carbamates (subject to hydrolysis) is 1. The van der Waals surface area contributed by atoms with E-state index in [0.29, 0.717) is 24.8 Å². The molecule has 3 rings (SSSR count). The first-order valence-corrected chi connectivity index (χ1v) is 20.0. The van der Waals surface area contributed by atoms with Gasteiger partial charge in [-0.15, -0.1) is 0 Å². The summed E-state index contributed by atoms with van der Waals surface area (Å²) in [5.74, 6) is -8.06. The molecule has 1 fully saturated rings. The summed E-state index contributed by atoms with van der Waals surface area (Å²) in [7, 11) is 0.776. The van der Waals surface area contributed by atoms with E-state index < -0.39 is 109 Å². The molecule has 9 atom stereocenters. The second-order valence-electron chi connectivity index (χ2n) is 15.1. The summed E-state index contributed by atoms with van der Waals surface area (Å²) in [6.45, 7) is 2.19. The van der Waals surface area contributed by atoms with Crippen molar-refractivity contribution in [2.24, 2.45) is 11.7 Å². The van der Waals surface area contributed by atoms with E-state index in [1.807, 2.05) is 0 Å². The van der Waals surface area contributed by atoms with Gasteiger partial charge in [-0.1, -0.05) is 32.4 Å². The summed E-state index contributed by atoms with van der Waals surface area (Å²) in [6.07, 6.45) is -8.76. The van der Waals surface area contributed by atoms with Crippen LogP contribution in [0.1, 0.15) is 57.9 Å². The molecule has 1 aromatic rings. The van der Waals surface area contributed by atoms with Crippen LogP contribution < -0.4 is 32.3 Å². The van der Waals surface area contributed by atoms with Crippen LogP contribution in [0.3, 0.4) is 0 Å². The largest absolute Gasteiger partial charge is 0.465 e. The molecule has 63 heavy (non-hydrogen) atoms. The fourth-order valence-electron chi connectivity index (χ4n) is 6.49. The molecule has 0 aromatic heterocycles. The Bertz CT molecular complexity index is 1800. The first-order valence-electron chi connectivity index (χ1n) is 20.0. The molecule has 0 radical (unpaired) electrons. The van der Waals surface area contributed by atoms with Gasteiger partial charge in [-0.05, 0) is 49.3 Å². The lowest BCUT2D eigenvalue weighted by molar-refractivity contribution is -0.321. The fourth-order valence-corrected chi connectivity index (χ4v) is 6.49. The molecule has 2 aliphatic heterocycles. The molecule has 1 saturated heterocycles. The van der Waals surface area contributed by atoms with E-state index in [4.69, 9.17) is 15.2 Å². The Morgan fingerprint density at radius 1 is 0.968 bits per heavy atom. The van der Waals surface area contributed by atoms with Crippen LogP contribution in [0, 0.1) is 5.92 Å². The first-order chi connectivity index (χ1) is 29.7. The van der Waals surface area contributed by atoms with Crippen molar-refractivity contribution in [2.45, 2.75) is 113 Å². The highest BCUT2D eigenvalue weighted by molar-refractivity contribution is 6.12. The maximum absolute atomic E-state index is 15.1. The number of rotatable bonds is 23. The van der Waals surface area contributed by atoms with Crippen molar-refractivity contribution < 1.29 is 82.5 Å². The Balaban J connectivity index is 1.60. The zero-order valence-electron chi connectivity index (χ0n) is 34.9. The number of primary amides is 1. The monoisotopic (exact) mass is 897 g/mol.